The zero-order chi connectivity index (χ0) is 13.4. The van der Waals surface area contributed by atoms with Crippen LogP contribution in [0.3, 0.4) is 0 Å². The van der Waals surface area contributed by atoms with Gasteiger partial charge in [-0.05, 0) is 30.7 Å². The van der Waals surface area contributed by atoms with Gasteiger partial charge in [-0.2, -0.15) is 4.98 Å². The maximum Gasteiger partial charge on any atom is 0.227 e. The Kier molecular flexibility index (Phi) is 2.77. The topological polar surface area (TPSA) is 59.2 Å². The Balaban J connectivity index is 1.86. The molecule has 1 aliphatic heterocycles. The van der Waals surface area contributed by atoms with Crippen LogP contribution in [0.25, 0.3) is 0 Å². The van der Waals surface area contributed by atoms with E-state index in [9.17, 15) is 9.18 Å². The van der Waals surface area contributed by atoms with Gasteiger partial charge in [-0.25, -0.2) is 4.39 Å². The molecule has 1 amide bonds. The molecule has 0 aliphatic carbocycles. The number of rotatable bonds is 2. The number of hydrogen-bond donors (Lipinski definition) is 0. The summed E-state index contributed by atoms with van der Waals surface area (Å²) in [6.45, 7) is 2.17. The predicted octanol–water partition coefficient (Wildman–Crippen LogP) is 2.04. The number of anilines is 1. The van der Waals surface area contributed by atoms with Crippen molar-refractivity contribution in [3.05, 3.63) is 41.8 Å². The lowest BCUT2D eigenvalue weighted by molar-refractivity contribution is -0.117. The third-order valence-corrected chi connectivity index (χ3v) is 3.32. The molecule has 1 unspecified atom stereocenters. The van der Waals surface area contributed by atoms with Gasteiger partial charge in [-0.15, -0.1) is 0 Å². The zero-order valence-corrected chi connectivity index (χ0v) is 10.3. The number of hydrogen-bond acceptors (Lipinski definition) is 4. The van der Waals surface area contributed by atoms with Gasteiger partial charge in [0.1, 0.15) is 5.82 Å². The number of carbonyl (C=O) groups excluding carboxylic acids is 1. The number of carbonyl (C=O) groups is 1. The smallest absolute Gasteiger partial charge is 0.227 e. The van der Waals surface area contributed by atoms with Crippen molar-refractivity contribution in [2.45, 2.75) is 19.3 Å². The van der Waals surface area contributed by atoms with E-state index in [-0.39, 0.29) is 17.6 Å². The fourth-order valence-corrected chi connectivity index (χ4v) is 2.29. The second kappa shape index (κ2) is 4.46. The van der Waals surface area contributed by atoms with Crippen LogP contribution in [0.15, 0.2) is 29.1 Å². The molecule has 2 aromatic rings. The molecule has 98 valence electrons. The molecule has 2 heterocycles. The van der Waals surface area contributed by atoms with E-state index in [4.69, 9.17) is 4.52 Å². The van der Waals surface area contributed by atoms with E-state index in [1.54, 1.807) is 24.0 Å². The van der Waals surface area contributed by atoms with Crippen molar-refractivity contribution in [2.75, 3.05) is 11.4 Å². The summed E-state index contributed by atoms with van der Waals surface area (Å²) in [6, 6.07) is 4.66. The van der Waals surface area contributed by atoms with Gasteiger partial charge in [0.25, 0.3) is 0 Å². The minimum atomic E-state index is -0.273. The summed E-state index contributed by atoms with van der Waals surface area (Å²) in [6.07, 6.45) is 1.60. The van der Waals surface area contributed by atoms with Crippen LogP contribution in [-0.2, 0) is 4.79 Å². The highest BCUT2D eigenvalue weighted by molar-refractivity contribution is 5.96. The highest BCUT2D eigenvalue weighted by Crippen LogP contribution is 2.30. The van der Waals surface area contributed by atoms with E-state index >= 15 is 0 Å². The van der Waals surface area contributed by atoms with Crippen molar-refractivity contribution >= 4 is 11.6 Å². The number of benzene rings is 1. The van der Waals surface area contributed by atoms with E-state index in [1.807, 2.05) is 0 Å². The molecule has 1 aromatic carbocycles. The average Bonchev–Trinajstić information content (AvgIpc) is 3.01. The SMILES string of the molecule is Cc1cc(N2CC(c3ncon3)CC2=O)ccc1F. The van der Waals surface area contributed by atoms with Crippen molar-refractivity contribution in [3.8, 4) is 0 Å². The van der Waals surface area contributed by atoms with Crippen molar-refractivity contribution < 1.29 is 13.7 Å². The molecule has 1 aromatic heterocycles. The van der Waals surface area contributed by atoms with Crippen LogP contribution < -0.4 is 4.90 Å². The summed E-state index contributed by atoms with van der Waals surface area (Å²) in [5.41, 5.74) is 1.23. The minimum absolute atomic E-state index is 0.0131. The lowest BCUT2D eigenvalue weighted by Crippen LogP contribution is -2.24. The quantitative estimate of drug-likeness (QED) is 0.830. The second-order valence-electron chi connectivity index (χ2n) is 4.63. The minimum Gasteiger partial charge on any atom is -0.343 e. The van der Waals surface area contributed by atoms with E-state index in [0.29, 0.717) is 30.0 Å². The van der Waals surface area contributed by atoms with Gasteiger partial charge in [-0.3, -0.25) is 4.79 Å². The van der Waals surface area contributed by atoms with Gasteiger partial charge in [0, 0.05) is 24.6 Å². The number of amides is 1. The highest BCUT2D eigenvalue weighted by Gasteiger charge is 2.34. The molecular weight excluding hydrogens is 249 g/mol. The molecule has 1 atom stereocenters. The van der Waals surface area contributed by atoms with Crippen LogP contribution in [0.2, 0.25) is 0 Å². The van der Waals surface area contributed by atoms with Crippen molar-refractivity contribution in [1.82, 2.24) is 10.1 Å². The van der Waals surface area contributed by atoms with Gasteiger partial charge in [0.15, 0.2) is 5.82 Å². The Morgan fingerprint density at radius 1 is 1.47 bits per heavy atom. The maximum atomic E-state index is 13.2. The molecule has 0 N–H and O–H groups in total. The normalized spacial score (nSPS) is 19.2. The first-order chi connectivity index (χ1) is 9.15. The summed E-state index contributed by atoms with van der Waals surface area (Å²) in [5.74, 6) is 0.178. The molecule has 5 nitrogen and oxygen atoms in total. The average molecular weight is 261 g/mol. The molecule has 6 heteroatoms. The van der Waals surface area contributed by atoms with Crippen LogP contribution >= 0.6 is 0 Å². The standard InChI is InChI=1S/C13H12FN3O2/c1-8-4-10(2-3-11(8)14)17-6-9(5-12(17)18)13-15-7-19-16-13/h2-4,7,9H,5-6H2,1H3. The fourth-order valence-electron chi connectivity index (χ4n) is 2.29. The van der Waals surface area contributed by atoms with Gasteiger partial charge in [-0.1, -0.05) is 5.16 Å². The van der Waals surface area contributed by atoms with Crippen LogP contribution in [0, 0.1) is 12.7 Å². The lowest BCUT2D eigenvalue weighted by Gasteiger charge is -2.16. The van der Waals surface area contributed by atoms with E-state index in [0.717, 1.165) is 0 Å². The van der Waals surface area contributed by atoms with Crippen molar-refractivity contribution in [3.63, 3.8) is 0 Å². The Morgan fingerprint density at radius 2 is 2.32 bits per heavy atom. The second-order valence-corrected chi connectivity index (χ2v) is 4.63. The summed E-state index contributed by atoms with van der Waals surface area (Å²) in [4.78, 5) is 17.6. The summed E-state index contributed by atoms with van der Waals surface area (Å²) in [5, 5.41) is 3.77. The van der Waals surface area contributed by atoms with Gasteiger partial charge in [0.2, 0.25) is 12.3 Å². The summed E-state index contributed by atoms with van der Waals surface area (Å²) in [7, 11) is 0. The first-order valence-corrected chi connectivity index (χ1v) is 5.98. The van der Waals surface area contributed by atoms with Gasteiger partial charge < -0.3 is 9.42 Å². The van der Waals surface area contributed by atoms with Crippen LogP contribution in [0.1, 0.15) is 23.7 Å². The van der Waals surface area contributed by atoms with Crippen LogP contribution in [-0.4, -0.2) is 22.6 Å². The Hall–Kier alpha value is -2.24. The summed E-state index contributed by atoms with van der Waals surface area (Å²) < 4.78 is 17.9. The Bertz CT molecular complexity index is 612. The first kappa shape index (κ1) is 11.8. The maximum absolute atomic E-state index is 13.2. The van der Waals surface area contributed by atoms with E-state index in [1.165, 1.54) is 12.5 Å². The molecule has 0 radical (unpaired) electrons. The van der Waals surface area contributed by atoms with E-state index in [2.05, 4.69) is 10.1 Å². The van der Waals surface area contributed by atoms with Crippen molar-refractivity contribution in [2.24, 2.45) is 0 Å². The molecule has 0 saturated carbocycles. The number of aryl methyl sites for hydroxylation is 1. The van der Waals surface area contributed by atoms with Gasteiger partial charge in [0.05, 0.1) is 0 Å². The number of halogens is 1. The molecule has 1 fully saturated rings. The fraction of sp³-hybridized carbons (Fsp3) is 0.308. The highest BCUT2D eigenvalue weighted by atomic mass is 19.1. The largest absolute Gasteiger partial charge is 0.343 e. The van der Waals surface area contributed by atoms with Crippen LogP contribution in [0.5, 0.6) is 0 Å². The molecule has 0 spiro atoms. The molecule has 0 bridgehead atoms. The predicted molar refractivity (Wildman–Crippen MR) is 65.1 cm³/mol. The zero-order valence-electron chi connectivity index (χ0n) is 10.3. The molecule has 3 rings (SSSR count). The molecule has 19 heavy (non-hydrogen) atoms. The van der Waals surface area contributed by atoms with E-state index < -0.39 is 0 Å². The lowest BCUT2D eigenvalue weighted by atomic mass is 10.1. The van der Waals surface area contributed by atoms with Gasteiger partial charge >= 0.3 is 0 Å². The Morgan fingerprint density at radius 3 is 3.00 bits per heavy atom. The molecule has 1 aliphatic rings. The monoisotopic (exact) mass is 261 g/mol. The third-order valence-electron chi connectivity index (χ3n) is 3.32. The molecule has 1 saturated heterocycles. The molecular formula is C13H12FN3O2. The Labute approximate surface area is 109 Å². The third kappa shape index (κ3) is 2.09. The van der Waals surface area contributed by atoms with Crippen molar-refractivity contribution in [1.29, 1.82) is 0 Å². The number of aromatic nitrogens is 2. The number of nitrogens with zero attached hydrogens (tertiary/aromatic N) is 3. The summed E-state index contributed by atoms with van der Waals surface area (Å²) >= 11 is 0. The first-order valence-electron chi connectivity index (χ1n) is 5.98. The van der Waals surface area contributed by atoms with Crippen LogP contribution in [0.4, 0.5) is 10.1 Å².